The van der Waals surface area contributed by atoms with Crippen LogP contribution < -0.4 is 19.6 Å². The third kappa shape index (κ3) is 13.0. The van der Waals surface area contributed by atoms with Gasteiger partial charge in [-0.05, 0) is 205 Å². The molecule has 0 saturated heterocycles. The fourth-order valence-corrected chi connectivity index (χ4v) is 19.8. The van der Waals surface area contributed by atoms with Crippen LogP contribution in [-0.4, -0.2) is 18.3 Å². The minimum Gasteiger partial charge on any atom is -0.312 e. The van der Waals surface area contributed by atoms with Crippen LogP contribution in [0.25, 0.3) is 98.7 Å². The summed E-state index contributed by atoms with van der Waals surface area (Å²) in [7, 11) is 0. The van der Waals surface area contributed by atoms with Gasteiger partial charge in [-0.2, -0.15) is 0 Å². The van der Waals surface area contributed by atoms with Gasteiger partial charge in [0.2, 0.25) is 0 Å². The van der Waals surface area contributed by atoms with Crippen LogP contribution in [-0.2, 0) is 21.7 Å². The van der Waals surface area contributed by atoms with Crippen LogP contribution in [0, 0.1) is 27.7 Å². The number of benzene rings is 16. The quantitative estimate of drug-likeness (QED) is 0.0903. The largest absolute Gasteiger partial charge is 0.312 e. The van der Waals surface area contributed by atoms with Crippen molar-refractivity contribution in [3.05, 3.63) is 397 Å². The molecule has 20 rings (SSSR count). The molecule has 0 atom stereocenters. The predicted octanol–water partition coefficient (Wildman–Crippen LogP) is 32.7. The van der Waals surface area contributed by atoms with Gasteiger partial charge in [-0.25, -0.2) is 0 Å². The van der Waals surface area contributed by atoms with E-state index in [-0.39, 0.29) is 21.7 Å². The Kier molecular flexibility index (Phi) is 18.9. The molecular formula is C116H106N8. The summed E-state index contributed by atoms with van der Waals surface area (Å²) < 4.78 is 9.89. The molecule has 20 aromatic rings. The molecule has 0 bridgehead atoms. The van der Waals surface area contributed by atoms with Crippen molar-refractivity contribution in [2.45, 2.75) is 132 Å². The van der Waals surface area contributed by atoms with Gasteiger partial charge >= 0.3 is 0 Å². The lowest BCUT2D eigenvalue weighted by molar-refractivity contribution is 0.590. The number of hydrogen-bond acceptors (Lipinski definition) is 4. The first-order chi connectivity index (χ1) is 59.8. The molecule has 124 heavy (non-hydrogen) atoms. The summed E-state index contributed by atoms with van der Waals surface area (Å²) >= 11 is 0. The first-order valence-corrected chi connectivity index (χ1v) is 43.8. The van der Waals surface area contributed by atoms with Gasteiger partial charge < -0.3 is 37.9 Å². The minimum atomic E-state index is -0.132. The summed E-state index contributed by atoms with van der Waals surface area (Å²) in [5.74, 6) is 0. The van der Waals surface area contributed by atoms with Crippen LogP contribution >= 0.6 is 0 Å². The monoisotopic (exact) mass is 1610 g/mol. The number of rotatable bonds is 16. The summed E-state index contributed by atoms with van der Waals surface area (Å²) in [5, 5.41) is 11.2. The molecule has 4 heterocycles. The van der Waals surface area contributed by atoms with Crippen molar-refractivity contribution in [3.63, 3.8) is 0 Å². The average molecular weight is 1610 g/mol. The third-order valence-corrected chi connectivity index (χ3v) is 26.0. The number of para-hydroxylation sites is 8. The van der Waals surface area contributed by atoms with Crippen molar-refractivity contribution in [1.82, 2.24) is 18.3 Å². The minimum absolute atomic E-state index is 0.132. The van der Waals surface area contributed by atoms with Crippen molar-refractivity contribution in [1.29, 1.82) is 0 Å². The van der Waals surface area contributed by atoms with Crippen LogP contribution in [0.3, 0.4) is 0 Å². The lowest BCUT2D eigenvalue weighted by atomic mass is 9.86. The van der Waals surface area contributed by atoms with Gasteiger partial charge in [-0.3, -0.25) is 0 Å². The Morgan fingerprint density at radius 1 is 0.185 bits per heavy atom. The van der Waals surface area contributed by atoms with Gasteiger partial charge in [0, 0.05) is 122 Å². The van der Waals surface area contributed by atoms with Gasteiger partial charge in [0.25, 0.3) is 0 Å². The van der Waals surface area contributed by atoms with E-state index < -0.39 is 0 Å². The second kappa shape index (κ2) is 29.9. The lowest BCUT2D eigenvalue weighted by Gasteiger charge is -2.35. The van der Waals surface area contributed by atoms with Crippen molar-refractivity contribution < 1.29 is 0 Å². The highest BCUT2D eigenvalue weighted by Gasteiger charge is 2.36. The SMILES string of the molecule is Cc1c(N(c2ccc(C(C)(C)C)cc2)c2cc(N(c3ccc(C(C)(C)C)cc3)c3c(C)n(-c4ccccc4)c4ccccc34)c3ccc4c(N(c5ccc(C(C)(C)C)cc5)c5c(C)n(-c6ccccc6)c6ccccc56)cc(N(c5ccc(C(C)(C)C)cc5)c5c(C)n(-c6ccccc6)c6ccccc56)c5ccc2c3c54)c2ccccc2n1-c1ccccc1. The molecule has 8 heteroatoms. The van der Waals surface area contributed by atoms with E-state index >= 15 is 0 Å². The van der Waals surface area contributed by atoms with Crippen molar-refractivity contribution in [2.75, 3.05) is 19.6 Å². The summed E-state index contributed by atoms with van der Waals surface area (Å²) in [6.07, 6.45) is 0. The Bertz CT molecular complexity index is 6560. The van der Waals surface area contributed by atoms with E-state index in [4.69, 9.17) is 0 Å². The molecule has 610 valence electrons. The molecule has 0 aliphatic carbocycles. The van der Waals surface area contributed by atoms with Crippen molar-refractivity contribution in [3.8, 4) is 22.7 Å². The van der Waals surface area contributed by atoms with E-state index in [1.165, 1.54) is 22.3 Å². The van der Waals surface area contributed by atoms with E-state index in [1.54, 1.807) is 0 Å². The van der Waals surface area contributed by atoms with Crippen LogP contribution in [0.4, 0.5) is 68.2 Å². The third-order valence-electron chi connectivity index (χ3n) is 26.0. The summed E-state index contributed by atoms with van der Waals surface area (Å²) in [6.45, 7) is 37.2. The number of anilines is 12. The fraction of sp³-hybridized carbons (Fsp3) is 0.172. The Morgan fingerprint density at radius 2 is 0.363 bits per heavy atom. The molecule has 0 saturated carbocycles. The molecule has 0 aliphatic rings. The molecule has 8 nitrogen and oxygen atoms in total. The Balaban J connectivity index is 1.03. The van der Waals surface area contributed by atoms with Crippen LogP contribution in [0.5, 0.6) is 0 Å². The van der Waals surface area contributed by atoms with Crippen LogP contribution in [0.1, 0.15) is 128 Å². The fourth-order valence-electron chi connectivity index (χ4n) is 19.8. The van der Waals surface area contributed by atoms with Crippen molar-refractivity contribution in [2.24, 2.45) is 0 Å². The molecule has 0 spiro atoms. The summed E-state index contributed by atoms with van der Waals surface area (Å²) in [4.78, 5) is 10.5. The second-order valence-electron chi connectivity index (χ2n) is 37.9. The molecule has 0 amide bonds. The van der Waals surface area contributed by atoms with Gasteiger partial charge in [-0.1, -0.05) is 301 Å². The molecule has 0 unspecified atom stereocenters. The Labute approximate surface area is 729 Å². The zero-order valence-electron chi connectivity index (χ0n) is 74.1. The van der Waals surface area contributed by atoms with Crippen LogP contribution in [0.15, 0.2) is 352 Å². The summed E-state index contributed by atoms with van der Waals surface area (Å²) in [6, 6.07) is 133. The van der Waals surface area contributed by atoms with E-state index in [9.17, 15) is 0 Å². The molecule has 0 radical (unpaired) electrons. The number of fused-ring (bicyclic) bond motifs is 4. The highest BCUT2D eigenvalue weighted by atomic mass is 15.2. The van der Waals surface area contributed by atoms with E-state index in [0.717, 1.165) is 190 Å². The van der Waals surface area contributed by atoms with Crippen LogP contribution in [0.2, 0.25) is 0 Å². The highest BCUT2D eigenvalue weighted by molar-refractivity contribution is 6.34. The first-order valence-electron chi connectivity index (χ1n) is 43.8. The maximum Gasteiger partial charge on any atom is 0.0751 e. The molecular weight excluding hydrogens is 1510 g/mol. The summed E-state index contributed by atoms with van der Waals surface area (Å²) in [5.41, 5.74) is 30.4. The number of aromatic nitrogens is 4. The van der Waals surface area contributed by atoms with Gasteiger partial charge in [0.1, 0.15) is 0 Å². The highest BCUT2D eigenvalue weighted by Crippen LogP contribution is 2.59. The Morgan fingerprint density at radius 3 is 0.548 bits per heavy atom. The Hall–Kier alpha value is -14.1. The molecule has 0 fully saturated rings. The molecule has 0 N–H and O–H groups in total. The number of nitrogens with zero attached hydrogens (tertiary/aromatic N) is 8. The van der Waals surface area contributed by atoms with Crippen molar-refractivity contribution >= 4 is 144 Å². The number of hydrogen-bond donors (Lipinski definition) is 0. The molecule has 16 aromatic carbocycles. The second-order valence-corrected chi connectivity index (χ2v) is 37.9. The first kappa shape index (κ1) is 78.5. The van der Waals surface area contributed by atoms with Gasteiger partial charge in [-0.15, -0.1) is 0 Å². The zero-order valence-corrected chi connectivity index (χ0v) is 74.1. The normalized spacial score (nSPS) is 12.4. The lowest BCUT2D eigenvalue weighted by Crippen LogP contribution is -2.18. The predicted molar refractivity (Wildman–Crippen MR) is 530 cm³/mol. The maximum absolute atomic E-state index is 2.64. The maximum atomic E-state index is 2.64. The van der Waals surface area contributed by atoms with E-state index in [1.807, 2.05) is 0 Å². The standard InChI is InChI=1S/C116H106N8/c1-75-109(95-45-29-33-49-99(95)117(75)83-37-21-17-22-38-83)121(87-61-53-79(54-62-87)113(5,6)7)103-73-104(122(88-63-55-80(56-64-88)114(8,9)10)110-76(2)118(84-39-23-18-24-40-84)100-50-34-30-46-96(100)110)92-71-72-94-106(124(90-67-59-82(60-68-90)116(14,15)16)112-78(4)120(86-43-27-20-28-44-86)102-52-36-32-48-98(102)112)74-105(93-70-69-91(103)107(92)108(93)94)123(89-65-57-81(58-66-89)115(11,12)13)111-77(3)119(85-41-25-19-26-42-85)101-51-35-31-47-97(101)111/h17-74H,1-16H3. The van der Waals surface area contributed by atoms with E-state index in [2.05, 4.69) is 500 Å². The van der Waals surface area contributed by atoms with Gasteiger partial charge in [0.15, 0.2) is 0 Å². The topological polar surface area (TPSA) is 32.7 Å². The van der Waals surface area contributed by atoms with Gasteiger partial charge in [0.05, 0.1) is 67.6 Å². The molecule has 4 aromatic heterocycles. The zero-order chi connectivity index (χ0) is 85.6. The smallest absolute Gasteiger partial charge is 0.0751 e. The molecule has 0 aliphatic heterocycles. The average Bonchev–Trinajstić information content (AvgIpc) is 1.09. The van der Waals surface area contributed by atoms with E-state index in [0.29, 0.717) is 0 Å².